The van der Waals surface area contributed by atoms with Crippen LogP contribution in [0.3, 0.4) is 0 Å². The molecule has 21 heavy (non-hydrogen) atoms. The van der Waals surface area contributed by atoms with Gasteiger partial charge in [-0.2, -0.15) is 0 Å². The van der Waals surface area contributed by atoms with E-state index >= 15 is 0 Å². The predicted molar refractivity (Wildman–Crippen MR) is 89.9 cm³/mol. The molecule has 1 heterocycles. The van der Waals surface area contributed by atoms with Crippen LogP contribution in [0.5, 0.6) is 5.75 Å². The number of phenols is 1. The Bertz CT molecular complexity index is 582. The van der Waals surface area contributed by atoms with E-state index < -0.39 is 0 Å². The van der Waals surface area contributed by atoms with Gasteiger partial charge < -0.3 is 10.4 Å². The van der Waals surface area contributed by atoms with Gasteiger partial charge in [0.25, 0.3) is 0 Å². The van der Waals surface area contributed by atoms with Gasteiger partial charge in [-0.05, 0) is 37.2 Å². The van der Waals surface area contributed by atoms with E-state index in [1.54, 1.807) is 23.5 Å². The van der Waals surface area contributed by atoms with Crippen LogP contribution in [0.4, 0.5) is 0 Å². The standard InChI is InChI=1S/C17H24N2OS/c1-5-10-18-11-14-15(17(2,3)4)19-16(21-14)12-6-8-13(20)9-7-12/h6-9,18,20H,5,10-11H2,1-4H3. The molecule has 3 nitrogen and oxygen atoms in total. The number of nitrogens with one attached hydrogen (secondary N) is 1. The maximum Gasteiger partial charge on any atom is 0.123 e. The smallest absolute Gasteiger partial charge is 0.123 e. The van der Waals surface area contributed by atoms with Crippen molar-refractivity contribution in [3.05, 3.63) is 34.8 Å². The number of hydrogen-bond acceptors (Lipinski definition) is 4. The third-order valence-electron chi connectivity index (χ3n) is 3.23. The molecule has 0 saturated heterocycles. The first-order chi connectivity index (χ1) is 9.91. The third kappa shape index (κ3) is 4.05. The van der Waals surface area contributed by atoms with Gasteiger partial charge in [0.2, 0.25) is 0 Å². The van der Waals surface area contributed by atoms with Gasteiger partial charge in [-0.25, -0.2) is 4.98 Å². The summed E-state index contributed by atoms with van der Waals surface area (Å²) in [4.78, 5) is 6.16. The largest absolute Gasteiger partial charge is 0.508 e. The minimum atomic E-state index is 0.0366. The predicted octanol–water partition coefficient (Wildman–Crippen LogP) is 4.31. The number of phenolic OH excluding ortho intramolecular Hbond substituents is 1. The molecule has 0 aliphatic rings. The monoisotopic (exact) mass is 304 g/mol. The van der Waals surface area contributed by atoms with E-state index in [4.69, 9.17) is 4.98 Å². The van der Waals surface area contributed by atoms with Gasteiger partial charge in [-0.1, -0.05) is 27.7 Å². The zero-order chi connectivity index (χ0) is 15.5. The highest BCUT2D eigenvalue weighted by atomic mass is 32.1. The van der Waals surface area contributed by atoms with Crippen molar-refractivity contribution in [3.63, 3.8) is 0 Å². The van der Waals surface area contributed by atoms with E-state index in [1.165, 1.54) is 10.6 Å². The van der Waals surface area contributed by atoms with Crippen molar-refractivity contribution in [2.75, 3.05) is 6.54 Å². The van der Waals surface area contributed by atoms with Gasteiger partial charge >= 0.3 is 0 Å². The first-order valence-corrected chi connectivity index (χ1v) is 8.23. The molecule has 2 N–H and O–H groups in total. The summed E-state index contributed by atoms with van der Waals surface area (Å²) in [7, 11) is 0. The van der Waals surface area contributed by atoms with E-state index in [1.807, 2.05) is 12.1 Å². The zero-order valence-electron chi connectivity index (χ0n) is 13.2. The van der Waals surface area contributed by atoms with Crippen LogP contribution in [-0.2, 0) is 12.0 Å². The van der Waals surface area contributed by atoms with Crippen molar-refractivity contribution in [2.45, 2.75) is 46.1 Å². The molecule has 0 spiro atoms. The van der Waals surface area contributed by atoms with E-state index in [0.717, 1.165) is 30.1 Å². The van der Waals surface area contributed by atoms with Crippen molar-refractivity contribution in [1.29, 1.82) is 0 Å². The average molecular weight is 304 g/mol. The molecular formula is C17H24N2OS. The Morgan fingerprint density at radius 3 is 2.43 bits per heavy atom. The molecule has 4 heteroatoms. The van der Waals surface area contributed by atoms with Crippen LogP contribution in [0.15, 0.2) is 24.3 Å². The Morgan fingerprint density at radius 1 is 1.19 bits per heavy atom. The second-order valence-corrected chi connectivity index (χ2v) is 7.35. The number of hydrogen-bond donors (Lipinski definition) is 2. The summed E-state index contributed by atoms with van der Waals surface area (Å²) in [6, 6.07) is 7.26. The summed E-state index contributed by atoms with van der Waals surface area (Å²) in [6.07, 6.45) is 1.13. The van der Waals surface area contributed by atoms with Gasteiger partial charge in [0.15, 0.2) is 0 Å². The number of rotatable bonds is 5. The second-order valence-electron chi connectivity index (χ2n) is 6.26. The van der Waals surface area contributed by atoms with E-state index in [0.29, 0.717) is 0 Å². The molecule has 1 aromatic heterocycles. The molecule has 0 saturated carbocycles. The highest BCUT2D eigenvalue weighted by Crippen LogP contribution is 2.34. The molecule has 0 unspecified atom stereocenters. The van der Waals surface area contributed by atoms with Crippen molar-refractivity contribution >= 4 is 11.3 Å². The molecule has 0 radical (unpaired) electrons. The molecule has 0 amide bonds. The molecule has 114 valence electrons. The van der Waals surface area contributed by atoms with Gasteiger partial charge in [-0.3, -0.25) is 0 Å². The van der Waals surface area contributed by atoms with Crippen LogP contribution < -0.4 is 5.32 Å². The van der Waals surface area contributed by atoms with Crippen molar-refractivity contribution < 1.29 is 5.11 Å². The summed E-state index contributed by atoms with van der Waals surface area (Å²) in [5.74, 6) is 0.288. The number of thiazole rings is 1. The Balaban J connectivity index is 2.33. The Morgan fingerprint density at radius 2 is 1.86 bits per heavy atom. The normalized spacial score (nSPS) is 11.8. The van der Waals surface area contributed by atoms with E-state index in [-0.39, 0.29) is 11.2 Å². The fraction of sp³-hybridized carbons (Fsp3) is 0.471. The molecular weight excluding hydrogens is 280 g/mol. The van der Waals surface area contributed by atoms with Gasteiger partial charge in [-0.15, -0.1) is 11.3 Å². The van der Waals surface area contributed by atoms with Crippen molar-refractivity contribution in [1.82, 2.24) is 10.3 Å². The van der Waals surface area contributed by atoms with E-state index in [9.17, 15) is 5.11 Å². The van der Waals surface area contributed by atoms with Crippen molar-refractivity contribution in [3.8, 4) is 16.3 Å². The average Bonchev–Trinajstić information content (AvgIpc) is 2.84. The minimum absolute atomic E-state index is 0.0366. The minimum Gasteiger partial charge on any atom is -0.508 e. The molecule has 0 aliphatic carbocycles. The summed E-state index contributed by atoms with van der Waals surface area (Å²) in [5.41, 5.74) is 2.26. The fourth-order valence-electron chi connectivity index (χ4n) is 2.16. The Labute approximate surface area is 131 Å². The Kier molecular flexibility index (Phi) is 5.01. The van der Waals surface area contributed by atoms with Crippen LogP contribution in [0.2, 0.25) is 0 Å². The first kappa shape index (κ1) is 16.0. The quantitative estimate of drug-likeness (QED) is 0.809. The lowest BCUT2D eigenvalue weighted by atomic mass is 9.91. The lowest BCUT2D eigenvalue weighted by Crippen LogP contribution is -2.19. The van der Waals surface area contributed by atoms with E-state index in [2.05, 4.69) is 33.0 Å². The molecule has 2 aromatic rings. The summed E-state index contributed by atoms with van der Waals surface area (Å²) in [6.45, 7) is 10.7. The van der Waals surface area contributed by atoms with Gasteiger partial charge in [0.05, 0.1) is 5.69 Å². The maximum atomic E-state index is 9.41. The highest BCUT2D eigenvalue weighted by molar-refractivity contribution is 7.15. The number of aromatic hydroxyl groups is 1. The SMILES string of the molecule is CCCNCc1sc(-c2ccc(O)cc2)nc1C(C)(C)C. The van der Waals surface area contributed by atoms with Crippen LogP contribution in [0, 0.1) is 0 Å². The zero-order valence-corrected chi connectivity index (χ0v) is 14.0. The summed E-state index contributed by atoms with van der Waals surface area (Å²) >= 11 is 1.74. The van der Waals surface area contributed by atoms with Crippen LogP contribution >= 0.6 is 11.3 Å². The lowest BCUT2D eigenvalue weighted by Gasteiger charge is -2.17. The number of nitrogens with zero attached hydrogens (tertiary/aromatic N) is 1. The highest BCUT2D eigenvalue weighted by Gasteiger charge is 2.23. The van der Waals surface area contributed by atoms with Crippen molar-refractivity contribution in [2.24, 2.45) is 0 Å². The Hall–Kier alpha value is -1.39. The second kappa shape index (κ2) is 6.58. The molecule has 0 fully saturated rings. The number of benzene rings is 1. The van der Waals surface area contributed by atoms with Gasteiger partial charge in [0, 0.05) is 22.4 Å². The topological polar surface area (TPSA) is 45.1 Å². The molecule has 0 atom stereocenters. The molecule has 0 aliphatic heterocycles. The first-order valence-electron chi connectivity index (χ1n) is 7.42. The van der Waals surface area contributed by atoms with Crippen LogP contribution in [-0.4, -0.2) is 16.6 Å². The molecule has 0 bridgehead atoms. The maximum absolute atomic E-state index is 9.41. The third-order valence-corrected chi connectivity index (χ3v) is 4.34. The molecule has 1 aromatic carbocycles. The fourth-order valence-corrected chi connectivity index (χ4v) is 3.41. The summed E-state index contributed by atoms with van der Waals surface area (Å²) < 4.78 is 0. The summed E-state index contributed by atoms with van der Waals surface area (Å²) in [5, 5.41) is 13.9. The van der Waals surface area contributed by atoms with Gasteiger partial charge in [0.1, 0.15) is 10.8 Å². The number of aromatic nitrogens is 1. The van der Waals surface area contributed by atoms with Crippen LogP contribution in [0.1, 0.15) is 44.7 Å². The lowest BCUT2D eigenvalue weighted by molar-refractivity contribution is 0.475. The van der Waals surface area contributed by atoms with Crippen LogP contribution in [0.25, 0.3) is 10.6 Å². The molecule has 2 rings (SSSR count).